The summed E-state index contributed by atoms with van der Waals surface area (Å²) in [5.74, 6) is -0.361. The van der Waals surface area contributed by atoms with Gasteiger partial charge in [-0.1, -0.05) is 60.7 Å². The number of carbonyl (C=O) groups excluding carboxylic acids is 1. The Bertz CT molecular complexity index is 703. The molecule has 2 aromatic carbocycles. The highest BCUT2D eigenvalue weighted by Gasteiger charge is 2.56. The summed E-state index contributed by atoms with van der Waals surface area (Å²) in [7, 11) is 0. The van der Waals surface area contributed by atoms with Crippen molar-refractivity contribution < 1.29 is 9.90 Å². The van der Waals surface area contributed by atoms with Gasteiger partial charge in [0.2, 0.25) is 0 Å². The summed E-state index contributed by atoms with van der Waals surface area (Å²) in [5.41, 5.74) is -1.94. The highest BCUT2D eigenvalue weighted by Crippen LogP contribution is 2.42. The van der Waals surface area contributed by atoms with E-state index in [1.54, 1.807) is 68.4 Å². The lowest BCUT2D eigenvalue weighted by Crippen LogP contribution is -2.53. The molecule has 0 radical (unpaired) electrons. The topological polar surface area (TPSA) is 75.6 Å². The Hall–Kier alpha value is -2.05. The van der Waals surface area contributed by atoms with E-state index in [0.717, 1.165) is 0 Å². The molecule has 5 nitrogen and oxygen atoms in total. The highest BCUT2D eigenvalue weighted by molar-refractivity contribution is 6.00. The quantitative estimate of drug-likeness (QED) is 0.850. The monoisotopic (exact) mass is 311 g/mol. The van der Waals surface area contributed by atoms with Crippen LogP contribution in [0, 0.1) is 5.21 Å². The lowest BCUT2D eigenvalue weighted by molar-refractivity contribution is -0.106. The molecule has 0 spiro atoms. The number of ketones is 1. The number of nitrogens with one attached hydrogen (secondary N) is 1. The van der Waals surface area contributed by atoms with Crippen molar-refractivity contribution >= 4 is 5.78 Å². The van der Waals surface area contributed by atoms with Crippen molar-refractivity contribution in [1.29, 1.82) is 0 Å². The van der Waals surface area contributed by atoms with Gasteiger partial charge in [0.15, 0.2) is 11.5 Å². The van der Waals surface area contributed by atoms with E-state index < -0.39 is 17.4 Å². The summed E-state index contributed by atoms with van der Waals surface area (Å²) >= 11 is 0. The summed E-state index contributed by atoms with van der Waals surface area (Å²) in [5, 5.41) is 27.4. The van der Waals surface area contributed by atoms with E-state index in [1.807, 2.05) is 6.07 Å². The molecule has 2 N–H and O–H groups in total. The van der Waals surface area contributed by atoms with Crippen LogP contribution < -0.4 is 5.32 Å². The van der Waals surface area contributed by atoms with Crippen LogP contribution in [0.3, 0.4) is 0 Å². The first-order valence-electron chi connectivity index (χ1n) is 7.49. The zero-order valence-electron chi connectivity index (χ0n) is 13.1. The molecule has 5 heteroatoms. The summed E-state index contributed by atoms with van der Waals surface area (Å²) < 4.78 is 0. The van der Waals surface area contributed by atoms with Gasteiger partial charge in [-0.3, -0.25) is 10.1 Å². The van der Waals surface area contributed by atoms with Gasteiger partial charge in [-0.15, -0.1) is 0 Å². The number of hydrogen-bond donors (Lipinski definition) is 2. The molecule has 1 heterocycles. The third-order valence-electron chi connectivity index (χ3n) is 4.41. The number of hydroxylamine groups is 2. The summed E-state index contributed by atoms with van der Waals surface area (Å²) in [4.78, 5) is 12.6. The minimum Gasteiger partial charge on any atom is -0.781 e. The van der Waals surface area contributed by atoms with E-state index >= 15 is 0 Å². The van der Waals surface area contributed by atoms with E-state index in [4.69, 9.17) is 0 Å². The fourth-order valence-electron chi connectivity index (χ4n) is 3.05. The minimum absolute atomic E-state index is 0.361. The van der Waals surface area contributed by atoms with Gasteiger partial charge >= 0.3 is 0 Å². The number of Topliss-reactive ketones (excluding diaryl/α,β-unsaturated/α-hetero) is 1. The van der Waals surface area contributed by atoms with Gasteiger partial charge < -0.3 is 15.4 Å². The summed E-state index contributed by atoms with van der Waals surface area (Å²) in [6.45, 7) is 3.42. The van der Waals surface area contributed by atoms with Crippen LogP contribution in [0.15, 0.2) is 60.7 Å². The van der Waals surface area contributed by atoms with Crippen molar-refractivity contribution in [3.63, 3.8) is 0 Å². The molecule has 120 valence electrons. The maximum atomic E-state index is 12.8. The van der Waals surface area contributed by atoms with Crippen LogP contribution in [0.2, 0.25) is 0 Å². The lowest BCUT2D eigenvalue weighted by Gasteiger charge is -2.45. The van der Waals surface area contributed by atoms with Crippen LogP contribution in [-0.4, -0.2) is 27.7 Å². The highest BCUT2D eigenvalue weighted by atomic mass is 16.6. The van der Waals surface area contributed by atoms with E-state index in [0.29, 0.717) is 16.2 Å². The molecule has 0 aromatic heterocycles. The van der Waals surface area contributed by atoms with Crippen LogP contribution in [0.5, 0.6) is 0 Å². The van der Waals surface area contributed by atoms with Gasteiger partial charge in [0, 0.05) is 5.56 Å². The molecule has 0 saturated carbocycles. The van der Waals surface area contributed by atoms with Gasteiger partial charge in [-0.25, -0.2) is 0 Å². The van der Waals surface area contributed by atoms with E-state index in [2.05, 4.69) is 5.32 Å². The summed E-state index contributed by atoms with van der Waals surface area (Å²) in [6, 6.07) is 17.3. The smallest absolute Gasteiger partial charge is 0.193 e. The van der Waals surface area contributed by atoms with Crippen LogP contribution in [0.4, 0.5) is 0 Å². The third-order valence-corrected chi connectivity index (χ3v) is 4.41. The minimum atomic E-state index is -1.83. The zero-order valence-corrected chi connectivity index (χ0v) is 13.1. The molecule has 2 unspecified atom stereocenters. The van der Waals surface area contributed by atoms with Crippen LogP contribution in [0.25, 0.3) is 0 Å². The average molecular weight is 311 g/mol. The van der Waals surface area contributed by atoms with Crippen molar-refractivity contribution in [3.8, 4) is 0 Å². The Morgan fingerprint density at radius 2 is 1.61 bits per heavy atom. The van der Waals surface area contributed by atoms with E-state index in [-0.39, 0.29) is 5.78 Å². The van der Waals surface area contributed by atoms with Crippen molar-refractivity contribution in [2.24, 2.45) is 0 Å². The van der Waals surface area contributed by atoms with Gasteiger partial charge in [0.1, 0.15) is 6.17 Å². The molecule has 2 aromatic rings. The number of rotatable bonds is 3. The van der Waals surface area contributed by atoms with Gasteiger partial charge in [0.05, 0.1) is 5.54 Å². The molecule has 3 rings (SSSR count). The molecule has 23 heavy (non-hydrogen) atoms. The van der Waals surface area contributed by atoms with Crippen molar-refractivity contribution in [2.75, 3.05) is 0 Å². The number of nitrogens with zero attached hydrogens (tertiary/aromatic N) is 1. The molecule has 2 atom stereocenters. The molecular formula is C18H19N2O3-. The van der Waals surface area contributed by atoms with Crippen molar-refractivity contribution in [2.45, 2.75) is 31.3 Å². The SMILES string of the molecule is CC1(C)NC(C(=O)c2ccccc2)N([O-])C1(O)c1ccccc1. The fraction of sp³-hybridized carbons (Fsp3) is 0.278. The number of aliphatic hydroxyl groups is 1. The van der Waals surface area contributed by atoms with Gasteiger partial charge in [-0.05, 0) is 19.4 Å². The predicted molar refractivity (Wildman–Crippen MR) is 87.3 cm³/mol. The fourth-order valence-corrected chi connectivity index (χ4v) is 3.05. The molecule has 1 aliphatic rings. The van der Waals surface area contributed by atoms with Crippen molar-refractivity contribution in [1.82, 2.24) is 10.4 Å². The second kappa shape index (κ2) is 5.54. The maximum absolute atomic E-state index is 12.8. The number of hydrogen-bond acceptors (Lipinski definition) is 5. The Morgan fingerprint density at radius 1 is 1.09 bits per heavy atom. The Kier molecular flexibility index (Phi) is 3.82. The molecule has 1 aliphatic heterocycles. The first-order chi connectivity index (χ1) is 10.9. The Balaban J connectivity index is 2.00. The van der Waals surface area contributed by atoms with Crippen LogP contribution in [0.1, 0.15) is 29.8 Å². The largest absolute Gasteiger partial charge is 0.781 e. The molecule has 0 bridgehead atoms. The molecule has 1 saturated heterocycles. The number of carbonyl (C=O) groups is 1. The molecule has 1 fully saturated rings. The summed E-state index contributed by atoms with van der Waals surface area (Å²) in [6.07, 6.45) is -1.14. The standard InChI is InChI=1S/C18H19N2O3/c1-17(2)18(22,14-11-7-4-8-12-14)20(23)16(19-17)15(21)13-9-5-3-6-10-13/h3-12,16,19,22H,1-2H3/q-1. The maximum Gasteiger partial charge on any atom is 0.193 e. The van der Waals surface area contributed by atoms with E-state index in [9.17, 15) is 15.1 Å². The van der Waals surface area contributed by atoms with E-state index in [1.165, 1.54) is 0 Å². The van der Waals surface area contributed by atoms with Crippen LogP contribution in [-0.2, 0) is 5.72 Å². The average Bonchev–Trinajstić information content (AvgIpc) is 2.77. The Morgan fingerprint density at radius 3 is 2.17 bits per heavy atom. The first-order valence-corrected chi connectivity index (χ1v) is 7.49. The molecular weight excluding hydrogens is 292 g/mol. The number of benzene rings is 2. The molecule has 0 aliphatic carbocycles. The zero-order chi connectivity index (χ0) is 16.7. The van der Waals surface area contributed by atoms with Crippen LogP contribution >= 0.6 is 0 Å². The normalized spacial score (nSPS) is 27.0. The lowest BCUT2D eigenvalue weighted by atomic mass is 9.86. The van der Waals surface area contributed by atoms with Gasteiger partial charge in [-0.2, -0.15) is 0 Å². The van der Waals surface area contributed by atoms with Gasteiger partial charge in [0.25, 0.3) is 0 Å². The third kappa shape index (κ3) is 2.38. The second-order valence-corrected chi connectivity index (χ2v) is 6.27. The Labute approximate surface area is 135 Å². The second-order valence-electron chi connectivity index (χ2n) is 6.27. The predicted octanol–water partition coefficient (Wildman–Crippen LogP) is 2.22. The van der Waals surface area contributed by atoms with Crippen molar-refractivity contribution in [3.05, 3.63) is 77.0 Å². The molecule has 0 amide bonds. The first kappa shape index (κ1) is 15.8.